The highest BCUT2D eigenvalue weighted by Gasteiger charge is 2.23. The minimum absolute atomic E-state index is 0.534. The molecule has 2 nitrogen and oxygen atoms in total. The first-order valence-electron chi connectivity index (χ1n) is 6.19. The Morgan fingerprint density at radius 2 is 1.55 bits per heavy atom. The van der Waals surface area contributed by atoms with E-state index in [1.165, 1.54) is 21.1 Å². The average Bonchev–Trinajstić information content (AvgIpc) is 2.87. The molecule has 96 valence electrons. The Morgan fingerprint density at radius 3 is 2.30 bits per heavy atom. The zero-order valence-electron chi connectivity index (χ0n) is 10.4. The second-order valence-corrected chi connectivity index (χ2v) is 6.56. The van der Waals surface area contributed by atoms with Crippen molar-refractivity contribution in [1.29, 1.82) is 0 Å². The van der Waals surface area contributed by atoms with Crippen LogP contribution in [0.4, 0.5) is 0 Å². The topological polar surface area (TPSA) is 30.0 Å². The monoisotopic (exact) mass is 295 g/mol. The number of carbonyl (C=O) groups is 1. The van der Waals surface area contributed by atoms with Crippen LogP contribution in [0.15, 0.2) is 58.3 Å². The normalized spacial score (nSPS) is 12.0. The quantitative estimate of drug-likeness (QED) is 0.474. The molecular weight excluding hydrogens is 286 g/mol. The van der Waals surface area contributed by atoms with E-state index in [9.17, 15) is 4.79 Å². The van der Waals surface area contributed by atoms with Crippen LogP contribution >= 0.6 is 23.1 Å². The van der Waals surface area contributed by atoms with Gasteiger partial charge in [-0.15, -0.1) is 11.3 Å². The molecule has 1 aliphatic heterocycles. The molecule has 0 radical (unpaired) electrons. The fourth-order valence-electron chi connectivity index (χ4n) is 2.37. The lowest BCUT2D eigenvalue weighted by Gasteiger charge is -2.04. The maximum Gasteiger partial charge on any atom is 0.178 e. The molecule has 4 heteroatoms. The highest BCUT2D eigenvalue weighted by molar-refractivity contribution is 7.99. The molecule has 0 amide bonds. The molecular formula is C16H9NOS2. The van der Waals surface area contributed by atoms with Crippen LogP contribution < -0.4 is 0 Å². The van der Waals surface area contributed by atoms with Gasteiger partial charge in [0.25, 0.3) is 0 Å². The molecule has 0 fully saturated rings. The van der Waals surface area contributed by atoms with Crippen molar-refractivity contribution in [2.24, 2.45) is 0 Å². The third kappa shape index (κ3) is 1.72. The maximum absolute atomic E-state index is 11.1. The van der Waals surface area contributed by atoms with E-state index in [-0.39, 0.29) is 0 Å². The number of hydrogen-bond acceptors (Lipinski definition) is 4. The molecule has 0 spiro atoms. The van der Waals surface area contributed by atoms with Crippen LogP contribution in [0.1, 0.15) is 9.80 Å². The maximum atomic E-state index is 11.1. The van der Waals surface area contributed by atoms with Gasteiger partial charge in [-0.25, -0.2) is 4.98 Å². The number of nitrogens with zero attached hydrogens (tertiary/aromatic N) is 1. The highest BCUT2D eigenvalue weighted by atomic mass is 32.2. The first kappa shape index (κ1) is 11.9. The van der Waals surface area contributed by atoms with Crippen LogP contribution in [0.5, 0.6) is 0 Å². The fraction of sp³-hybridized carbons (Fsp3) is 0. The Balaban J connectivity index is 2.11. The van der Waals surface area contributed by atoms with Crippen molar-refractivity contribution in [2.75, 3.05) is 0 Å². The number of aldehydes is 1. The number of thiazole rings is 1. The van der Waals surface area contributed by atoms with E-state index in [1.807, 2.05) is 24.3 Å². The third-order valence-electron chi connectivity index (χ3n) is 3.24. The summed E-state index contributed by atoms with van der Waals surface area (Å²) in [6.07, 6.45) is 0.831. The van der Waals surface area contributed by atoms with E-state index in [0.717, 1.165) is 28.0 Å². The van der Waals surface area contributed by atoms with Crippen molar-refractivity contribution in [3.8, 4) is 21.7 Å². The summed E-state index contributed by atoms with van der Waals surface area (Å²) < 4.78 is 0. The summed E-state index contributed by atoms with van der Waals surface area (Å²) in [7, 11) is 0. The number of fused-ring (bicyclic) bond motifs is 5. The lowest BCUT2D eigenvalue weighted by atomic mass is 10.1. The number of carbonyl (C=O) groups excluding carboxylic acids is 1. The summed E-state index contributed by atoms with van der Waals surface area (Å²) in [5.74, 6) is 0. The van der Waals surface area contributed by atoms with Crippen molar-refractivity contribution >= 4 is 29.4 Å². The number of rotatable bonds is 1. The lowest BCUT2D eigenvalue weighted by Crippen LogP contribution is -1.83. The van der Waals surface area contributed by atoms with Crippen LogP contribution in [-0.2, 0) is 0 Å². The van der Waals surface area contributed by atoms with Gasteiger partial charge in [-0.1, -0.05) is 48.2 Å². The van der Waals surface area contributed by atoms with Crippen LogP contribution in [0.2, 0.25) is 0 Å². The van der Waals surface area contributed by atoms with E-state index < -0.39 is 0 Å². The number of benzene rings is 2. The van der Waals surface area contributed by atoms with E-state index in [1.54, 1.807) is 11.8 Å². The molecule has 2 heterocycles. The van der Waals surface area contributed by atoms with Gasteiger partial charge in [0.05, 0.1) is 10.6 Å². The van der Waals surface area contributed by atoms with Gasteiger partial charge in [0.2, 0.25) is 0 Å². The van der Waals surface area contributed by atoms with Gasteiger partial charge in [-0.2, -0.15) is 0 Å². The molecule has 0 bridgehead atoms. The van der Waals surface area contributed by atoms with E-state index >= 15 is 0 Å². The summed E-state index contributed by atoms with van der Waals surface area (Å²) in [6, 6.07) is 16.5. The van der Waals surface area contributed by atoms with E-state index in [0.29, 0.717) is 5.01 Å². The summed E-state index contributed by atoms with van der Waals surface area (Å²) in [5, 5.41) is 0.534. The number of aromatic nitrogens is 1. The van der Waals surface area contributed by atoms with Crippen LogP contribution in [0, 0.1) is 0 Å². The second-order valence-electron chi connectivity index (χ2n) is 4.44. The fourth-order valence-corrected chi connectivity index (χ4v) is 4.45. The Morgan fingerprint density at radius 1 is 0.900 bits per heavy atom. The van der Waals surface area contributed by atoms with Crippen LogP contribution in [-0.4, -0.2) is 11.3 Å². The molecule has 0 N–H and O–H groups in total. The SMILES string of the molecule is O=Cc1nc2c(s1)-c1ccccc1Sc1ccccc1-2. The summed E-state index contributed by atoms with van der Waals surface area (Å²) in [4.78, 5) is 19.1. The Bertz CT molecular complexity index is 760. The molecule has 1 aliphatic rings. The predicted octanol–water partition coefficient (Wildman–Crippen LogP) is 4.75. The highest BCUT2D eigenvalue weighted by Crippen LogP contribution is 2.49. The molecule has 0 atom stereocenters. The van der Waals surface area contributed by atoms with Gasteiger partial charge < -0.3 is 0 Å². The van der Waals surface area contributed by atoms with Crippen molar-refractivity contribution in [3.05, 3.63) is 53.5 Å². The van der Waals surface area contributed by atoms with Gasteiger partial charge in [0, 0.05) is 20.9 Å². The van der Waals surface area contributed by atoms with E-state index in [4.69, 9.17) is 0 Å². The van der Waals surface area contributed by atoms with Crippen LogP contribution in [0.25, 0.3) is 21.7 Å². The lowest BCUT2D eigenvalue weighted by molar-refractivity contribution is 0.112. The zero-order chi connectivity index (χ0) is 13.5. The average molecular weight is 295 g/mol. The van der Waals surface area contributed by atoms with Crippen LogP contribution in [0.3, 0.4) is 0 Å². The first-order chi connectivity index (χ1) is 9.86. The molecule has 3 aromatic rings. The predicted molar refractivity (Wildman–Crippen MR) is 82.5 cm³/mol. The molecule has 1 aromatic heterocycles. The smallest absolute Gasteiger partial charge is 0.178 e. The third-order valence-corrected chi connectivity index (χ3v) is 5.40. The molecule has 0 saturated heterocycles. The van der Waals surface area contributed by atoms with Gasteiger partial charge in [0.15, 0.2) is 11.3 Å². The first-order valence-corrected chi connectivity index (χ1v) is 7.83. The summed E-state index contributed by atoms with van der Waals surface area (Å²) in [5.41, 5.74) is 3.19. The molecule has 2 aromatic carbocycles. The molecule has 20 heavy (non-hydrogen) atoms. The zero-order valence-corrected chi connectivity index (χ0v) is 12.0. The molecule has 0 unspecified atom stereocenters. The summed E-state index contributed by atoms with van der Waals surface area (Å²) in [6.45, 7) is 0. The molecule has 4 rings (SSSR count). The minimum Gasteiger partial charge on any atom is -0.295 e. The molecule has 0 aliphatic carbocycles. The van der Waals surface area contributed by atoms with Crippen molar-refractivity contribution in [3.63, 3.8) is 0 Å². The minimum atomic E-state index is 0.534. The standard InChI is InChI=1S/C16H9NOS2/c18-9-14-17-15-10-5-1-3-7-12(10)19-13-8-4-2-6-11(13)16(15)20-14/h1-9H. The van der Waals surface area contributed by atoms with Gasteiger partial charge >= 0.3 is 0 Å². The Labute approximate surface area is 124 Å². The van der Waals surface area contributed by atoms with Gasteiger partial charge in [-0.3, -0.25) is 4.79 Å². The van der Waals surface area contributed by atoms with Crippen molar-refractivity contribution in [1.82, 2.24) is 4.98 Å². The number of hydrogen-bond donors (Lipinski definition) is 0. The van der Waals surface area contributed by atoms with E-state index in [2.05, 4.69) is 29.2 Å². The summed E-state index contributed by atoms with van der Waals surface area (Å²) >= 11 is 3.22. The Hall–Kier alpha value is -1.91. The van der Waals surface area contributed by atoms with Crippen molar-refractivity contribution < 1.29 is 4.79 Å². The largest absolute Gasteiger partial charge is 0.295 e. The van der Waals surface area contributed by atoms with Gasteiger partial charge in [0.1, 0.15) is 0 Å². The van der Waals surface area contributed by atoms with Gasteiger partial charge in [-0.05, 0) is 12.1 Å². The van der Waals surface area contributed by atoms with Crippen molar-refractivity contribution in [2.45, 2.75) is 9.79 Å². The molecule has 0 saturated carbocycles. The second kappa shape index (κ2) is 4.58. The Kier molecular flexibility index (Phi) is 2.72.